The molecule has 4 nitrogen and oxygen atoms in total. The molecule has 2 heterocycles. The summed E-state index contributed by atoms with van der Waals surface area (Å²) < 4.78 is 2.55. The summed E-state index contributed by atoms with van der Waals surface area (Å²) in [4.78, 5) is 4.34. The second kappa shape index (κ2) is 3.92. The van der Waals surface area contributed by atoms with Gasteiger partial charge in [0.25, 0.3) is 0 Å². The lowest BCUT2D eigenvalue weighted by Gasteiger charge is -1.98. The van der Waals surface area contributed by atoms with E-state index in [0.29, 0.717) is 0 Å². The molecule has 84 valence electrons. The first kappa shape index (κ1) is 10.4. The van der Waals surface area contributed by atoms with Crippen LogP contribution in [0.3, 0.4) is 0 Å². The number of benzene rings is 1. The van der Waals surface area contributed by atoms with Crippen molar-refractivity contribution in [3.63, 3.8) is 0 Å². The topological polar surface area (TPSA) is 43.1 Å². The SMILES string of the molecule is Cc1cccc(-c2nnn3cc(Br)cnc23)c1. The van der Waals surface area contributed by atoms with E-state index in [1.807, 2.05) is 18.3 Å². The molecule has 0 aliphatic carbocycles. The molecule has 0 amide bonds. The molecule has 0 bridgehead atoms. The minimum absolute atomic E-state index is 0.763. The van der Waals surface area contributed by atoms with Crippen LogP contribution in [0.1, 0.15) is 5.56 Å². The van der Waals surface area contributed by atoms with Gasteiger partial charge in [0.15, 0.2) is 5.65 Å². The van der Waals surface area contributed by atoms with Gasteiger partial charge in [-0.1, -0.05) is 29.0 Å². The highest BCUT2D eigenvalue weighted by Crippen LogP contribution is 2.22. The third-order valence-electron chi connectivity index (χ3n) is 2.52. The zero-order chi connectivity index (χ0) is 11.8. The highest BCUT2D eigenvalue weighted by Gasteiger charge is 2.09. The molecule has 0 aliphatic rings. The van der Waals surface area contributed by atoms with Crippen molar-refractivity contribution in [3.05, 3.63) is 46.7 Å². The summed E-state index contributed by atoms with van der Waals surface area (Å²) in [7, 11) is 0. The maximum atomic E-state index is 4.34. The molecule has 0 fully saturated rings. The maximum Gasteiger partial charge on any atom is 0.183 e. The van der Waals surface area contributed by atoms with Crippen LogP contribution in [0, 0.1) is 6.92 Å². The van der Waals surface area contributed by atoms with Crippen LogP contribution >= 0.6 is 15.9 Å². The van der Waals surface area contributed by atoms with E-state index in [2.05, 4.69) is 50.3 Å². The number of rotatable bonds is 1. The number of fused-ring (bicyclic) bond motifs is 1. The van der Waals surface area contributed by atoms with E-state index >= 15 is 0 Å². The first-order chi connectivity index (χ1) is 8.24. The van der Waals surface area contributed by atoms with Gasteiger partial charge in [0, 0.05) is 18.0 Å². The van der Waals surface area contributed by atoms with Crippen LogP contribution in [-0.2, 0) is 0 Å². The zero-order valence-electron chi connectivity index (χ0n) is 9.13. The molecule has 2 aromatic heterocycles. The Morgan fingerprint density at radius 3 is 3.00 bits per heavy atom. The summed E-state index contributed by atoms with van der Waals surface area (Å²) >= 11 is 3.36. The summed E-state index contributed by atoms with van der Waals surface area (Å²) in [5, 5.41) is 8.24. The quantitative estimate of drug-likeness (QED) is 0.692. The number of nitrogens with zero attached hydrogens (tertiary/aromatic N) is 4. The number of hydrogen-bond donors (Lipinski definition) is 0. The predicted molar refractivity (Wildman–Crippen MR) is 68.7 cm³/mol. The van der Waals surface area contributed by atoms with E-state index in [9.17, 15) is 0 Å². The van der Waals surface area contributed by atoms with Gasteiger partial charge >= 0.3 is 0 Å². The standard InChI is InChI=1S/C12H9BrN4/c1-8-3-2-4-9(5-8)11-12-14-6-10(13)7-17(12)16-15-11/h2-7H,1H3. The summed E-state index contributed by atoms with van der Waals surface area (Å²) in [6.07, 6.45) is 3.59. The van der Waals surface area contributed by atoms with Crippen molar-refractivity contribution in [1.82, 2.24) is 19.8 Å². The smallest absolute Gasteiger partial charge is 0.183 e. The fourth-order valence-electron chi connectivity index (χ4n) is 1.75. The van der Waals surface area contributed by atoms with E-state index in [0.717, 1.165) is 21.4 Å². The normalized spacial score (nSPS) is 10.9. The third kappa shape index (κ3) is 1.82. The van der Waals surface area contributed by atoms with Gasteiger partial charge in [-0.05, 0) is 28.9 Å². The maximum absolute atomic E-state index is 4.34. The Labute approximate surface area is 106 Å². The van der Waals surface area contributed by atoms with Gasteiger partial charge < -0.3 is 0 Å². The second-order valence-electron chi connectivity index (χ2n) is 3.85. The number of aromatic nitrogens is 4. The first-order valence-electron chi connectivity index (χ1n) is 5.17. The van der Waals surface area contributed by atoms with Crippen LogP contribution in [0.15, 0.2) is 41.1 Å². The van der Waals surface area contributed by atoms with Crippen molar-refractivity contribution in [2.24, 2.45) is 0 Å². The molecule has 0 N–H and O–H groups in total. The van der Waals surface area contributed by atoms with Crippen LogP contribution in [-0.4, -0.2) is 19.8 Å². The number of hydrogen-bond acceptors (Lipinski definition) is 3. The van der Waals surface area contributed by atoms with Gasteiger partial charge in [0.2, 0.25) is 0 Å². The molecule has 0 aliphatic heterocycles. The lowest BCUT2D eigenvalue weighted by atomic mass is 10.1. The van der Waals surface area contributed by atoms with E-state index in [1.165, 1.54) is 5.56 Å². The van der Waals surface area contributed by atoms with Gasteiger partial charge in [-0.15, -0.1) is 5.10 Å². The van der Waals surface area contributed by atoms with Gasteiger partial charge in [-0.2, -0.15) is 0 Å². The predicted octanol–water partition coefficient (Wildman–Crippen LogP) is 2.86. The number of aryl methyl sites for hydroxylation is 1. The summed E-state index contributed by atoms with van der Waals surface area (Å²) in [5.74, 6) is 0. The van der Waals surface area contributed by atoms with Crippen molar-refractivity contribution in [3.8, 4) is 11.3 Å². The van der Waals surface area contributed by atoms with E-state index < -0.39 is 0 Å². The van der Waals surface area contributed by atoms with Crippen LogP contribution in [0.5, 0.6) is 0 Å². The molecule has 0 saturated heterocycles. The molecule has 0 radical (unpaired) electrons. The van der Waals surface area contributed by atoms with Crippen LogP contribution < -0.4 is 0 Å². The molecular weight excluding hydrogens is 280 g/mol. The summed E-state index contributed by atoms with van der Waals surface area (Å²) in [5.41, 5.74) is 3.80. The van der Waals surface area contributed by atoms with Crippen molar-refractivity contribution in [2.75, 3.05) is 0 Å². The summed E-state index contributed by atoms with van der Waals surface area (Å²) in [6.45, 7) is 2.05. The fraction of sp³-hybridized carbons (Fsp3) is 0.0833. The lowest BCUT2D eigenvalue weighted by Crippen LogP contribution is -1.89. The van der Waals surface area contributed by atoms with Crippen molar-refractivity contribution < 1.29 is 0 Å². The summed E-state index contributed by atoms with van der Waals surface area (Å²) in [6, 6.07) is 8.16. The van der Waals surface area contributed by atoms with Gasteiger partial charge in [-0.3, -0.25) is 0 Å². The van der Waals surface area contributed by atoms with Crippen molar-refractivity contribution in [2.45, 2.75) is 6.92 Å². The number of halogens is 1. The molecule has 0 spiro atoms. The molecule has 0 unspecified atom stereocenters. The Balaban J connectivity index is 2.24. The van der Waals surface area contributed by atoms with Crippen molar-refractivity contribution >= 4 is 21.6 Å². The van der Waals surface area contributed by atoms with E-state index in [-0.39, 0.29) is 0 Å². The Morgan fingerprint density at radius 2 is 2.18 bits per heavy atom. The second-order valence-corrected chi connectivity index (χ2v) is 4.76. The van der Waals surface area contributed by atoms with E-state index in [4.69, 9.17) is 0 Å². The highest BCUT2D eigenvalue weighted by atomic mass is 79.9. The Bertz CT molecular complexity index is 690. The molecular formula is C12H9BrN4. The highest BCUT2D eigenvalue weighted by molar-refractivity contribution is 9.10. The molecule has 3 rings (SSSR count). The molecule has 0 atom stereocenters. The minimum Gasteiger partial charge on any atom is -0.234 e. The monoisotopic (exact) mass is 288 g/mol. The lowest BCUT2D eigenvalue weighted by molar-refractivity contribution is 0.844. The van der Waals surface area contributed by atoms with Gasteiger partial charge in [-0.25, -0.2) is 9.50 Å². The van der Waals surface area contributed by atoms with Crippen LogP contribution in [0.2, 0.25) is 0 Å². The molecule has 3 aromatic rings. The molecule has 1 aromatic carbocycles. The van der Waals surface area contributed by atoms with Crippen LogP contribution in [0.4, 0.5) is 0 Å². The first-order valence-corrected chi connectivity index (χ1v) is 5.97. The molecule has 17 heavy (non-hydrogen) atoms. The largest absolute Gasteiger partial charge is 0.234 e. The Morgan fingerprint density at radius 1 is 1.29 bits per heavy atom. The molecule has 5 heteroatoms. The Kier molecular flexibility index (Phi) is 2.40. The Hall–Kier alpha value is -1.75. The van der Waals surface area contributed by atoms with E-state index in [1.54, 1.807) is 10.7 Å². The third-order valence-corrected chi connectivity index (χ3v) is 2.93. The molecule has 0 saturated carbocycles. The zero-order valence-corrected chi connectivity index (χ0v) is 10.7. The average Bonchev–Trinajstić information content (AvgIpc) is 2.71. The average molecular weight is 289 g/mol. The minimum atomic E-state index is 0.763. The van der Waals surface area contributed by atoms with Gasteiger partial charge in [0.05, 0.1) is 4.47 Å². The van der Waals surface area contributed by atoms with Crippen molar-refractivity contribution in [1.29, 1.82) is 0 Å². The van der Waals surface area contributed by atoms with Crippen LogP contribution in [0.25, 0.3) is 16.9 Å². The van der Waals surface area contributed by atoms with Gasteiger partial charge in [0.1, 0.15) is 5.69 Å². The fourth-order valence-corrected chi connectivity index (χ4v) is 2.04.